The summed E-state index contributed by atoms with van der Waals surface area (Å²) >= 11 is 0. The van der Waals surface area contributed by atoms with E-state index >= 15 is 0 Å². The maximum absolute atomic E-state index is 9.99. The van der Waals surface area contributed by atoms with Crippen molar-refractivity contribution in [3.05, 3.63) is 0 Å². The van der Waals surface area contributed by atoms with Gasteiger partial charge in [-0.15, -0.1) is 0 Å². The van der Waals surface area contributed by atoms with Crippen LogP contribution in [0, 0.1) is 0 Å². The van der Waals surface area contributed by atoms with E-state index in [9.17, 15) is 7.77 Å². The van der Waals surface area contributed by atoms with Gasteiger partial charge in [0.2, 0.25) is 0 Å². The van der Waals surface area contributed by atoms with E-state index in [0.717, 1.165) is 0 Å². The molecule has 0 saturated carbocycles. The molecule has 0 aromatic rings. The Hall–Kier alpha value is -0.270. The van der Waals surface area contributed by atoms with Crippen molar-refractivity contribution in [3.8, 4) is 0 Å². The van der Waals surface area contributed by atoms with Crippen LogP contribution in [0.3, 0.4) is 0 Å². The first-order valence-corrected chi connectivity index (χ1v) is 1.93. The molecule has 7 heavy (non-hydrogen) atoms. The summed E-state index contributed by atoms with van der Waals surface area (Å²) in [7, 11) is -5.67. The van der Waals surface area contributed by atoms with E-state index < -0.39 is 10.6 Å². The lowest BCUT2D eigenvalue weighted by Gasteiger charge is -1.57. The molecule has 0 spiro atoms. The zero-order valence-corrected chi connectivity index (χ0v) is 3.80. The normalized spacial score (nSPS) is 8.29. The molecule has 7 heteroatoms. The van der Waals surface area contributed by atoms with Gasteiger partial charge in [0.1, 0.15) is 0 Å². The largest absolute Gasteiger partial charge is 0.476 e. The molecular formula is H4F2O4S. The highest BCUT2D eigenvalue weighted by Crippen LogP contribution is 1.85. The van der Waals surface area contributed by atoms with Crippen LogP contribution < -0.4 is 0 Å². The number of rotatable bonds is 0. The average molecular weight is 138 g/mol. The predicted molar refractivity (Wildman–Crippen MR) is 18.4 cm³/mol. The molecule has 0 saturated heterocycles. The lowest BCUT2D eigenvalue weighted by atomic mass is 15.9. The van der Waals surface area contributed by atoms with E-state index in [2.05, 4.69) is 0 Å². The third-order valence-electron chi connectivity index (χ3n) is 0. The molecule has 0 bridgehead atoms. The van der Waals surface area contributed by atoms with Gasteiger partial charge in [0.05, 0.1) is 0 Å². The minimum atomic E-state index is -5.67. The highest BCUT2D eigenvalue weighted by molar-refractivity contribution is 7.81. The lowest BCUT2D eigenvalue weighted by molar-refractivity contribution is 0.501. The van der Waals surface area contributed by atoms with E-state index in [-0.39, 0.29) is 11.0 Å². The van der Waals surface area contributed by atoms with Crippen molar-refractivity contribution >= 4 is 10.6 Å². The molecule has 0 aliphatic heterocycles. The molecule has 0 heterocycles. The van der Waals surface area contributed by atoms with Crippen LogP contribution in [-0.2, 0) is 10.6 Å². The first-order chi connectivity index (χ1) is 2.00. The first-order valence-electron chi connectivity index (χ1n) is 0.642. The number of halogens is 2. The third kappa shape index (κ3) is 1090. The van der Waals surface area contributed by atoms with Gasteiger partial charge in [-0.2, -0.15) is 8.42 Å². The lowest BCUT2D eigenvalue weighted by Crippen LogP contribution is -1.69. The van der Waals surface area contributed by atoms with Gasteiger partial charge in [0, 0.05) is 0 Å². The van der Waals surface area contributed by atoms with Gasteiger partial charge in [0.25, 0.3) is 0 Å². The van der Waals surface area contributed by atoms with E-state index in [1.807, 2.05) is 0 Å². The molecule has 0 atom stereocenters. The zero-order chi connectivity index (χ0) is 4.50. The van der Waals surface area contributed by atoms with Gasteiger partial charge in [-0.1, -0.05) is 7.77 Å². The maximum atomic E-state index is 9.99. The fourth-order valence-corrected chi connectivity index (χ4v) is 0. The van der Waals surface area contributed by atoms with Crippen molar-refractivity contribution in [2.75, 3.05) is 0 Å². The van der Waals surface area contributed by atoms with Crippen LogP contribution >= 0.6 is 0 Å². The monoisotopic (exact) mass is 138 g/mol. The summed E-state index contributed by atoms with van der Waals surface area (Å²) < 4.78 is 36.6. The molecule has 0 amide bonds. The van der Waals surface area contributed by atoms with Crippen LogP contribution in [0.4, 0.5) is 7.77 Å². The molecule has 0 unspecified atom stereocenters. The minimum absolute atomic E-state index is 0. The Labute approximate surface area is 38.9 Å². The summed E-state index contributed by atoms with van der Waals surface area (Å²) in [5.41, 5.74) is 0. The van der Waals surface area contributed by atoms with Crippen molar-refractivity contribution in [3.63, 3.8) is 0 Å². The molecule has 0 aromatic carbocycles. The molecule has 48 valence electrons. The van der Waals surface area contributed by atoms with Crippen molar-refractivity contribution in [1.29, 1.82) is 0 Å². The second kappa shape index (κ2) is 3.90. The second-order valence-electron chi connectivity index (χ2n) is 0.378. The van der Waals surface area contributed by atoms with E-state index in [1.165, 1.54) is 0 Å². The first kappa shape index (κ1) is 15.9. The van der Waals surface area contributed by atoms with Crippen LogP contribution in [0.2, 0.25) is 0 Å². The van der Waals surface area contributed by atoms with Crippen LogP contribution in [-0.4, -0.2) is 19.4 Å². The van der Waals surface area contributed by atoms with Crippen molar-refractivity contribution in [2.24, 2.45) is 0 Å². The van der Waals surface area contributed by atoms with Gasteiger partial charge in [-0.05, 0) is 0 Å². The molecule has 0 aliphatic carbocycles. The molecular weight excluding hydrogens is 134 g/mol. The van der Waals surface area contributed by atoms with E-state index in [4.69, 9.17) is 8.42 Å². The smallest absolute Gasteiger partial charge is 0.412 e. The third-order valence-corrected chi connectivity index (χ3v) is 0. The fourth-order valence-electron chi connectivity index (χ4n) is 0. The maximum Gasteiger partial charge on any atom is 0.476 e. The Bertz CT molecular complexity index is 92.9. The Morgan fingerprint density at radius 1 is 1.00 bits per heavy atom. The Morgan fingerprint density at radius 3 is 1.00 bits per heavy atom. The standard InChI is InChI=1S/F2O2S.2H2O/c1-5(2,3)4;;/h;2*1H2. The molecule has 4 nitrogen and oxygen atoms in total. The quantitative estimate of drug-likeness (QED) is 0.381. The van der Waals surface area contributed by atoms with Crippen LogP contribution in [0.1, 0.15) is 0 Å². The Balaban J connectivity index is -0.0000000800. The van der Waals surface area contributed by atoms with Gasteiger partial charge in [0.15, 0.2) is 0 Å². The summed E-state index contributed by atoms with van der Waals surface area (Å²) in [6.07, 6.45) is 0. The summed E-state index contributed by atoms with van der Waals surface area (Å²) in [5, 5.41) is 0. The number of hydrogen-bond acceptors (Lipinski definition) is 2. The second-order valence-corrected chi connectivity index (χ2v) is 1.14. The SMILES string of the molecule is O.O.O=S(=O)(F)F. The molecule has 0 aliphatic rings. The zero-order valence-electron chi connectivity index (χ0n) is 2.98. The van der Waals surface area contributed by atoms with Crippen LogP contribution in [0.5, 0.6) is 0 Å². The van der Waals surface area contributed by atoms with Crippen LogP contribution in [0.25, 0.3) is 0 Å². The molecule has 0 radical (unpaired) electrons. The van der Waals surface area contributed by atoms with Gasteiger partial charge < -0.3 is 11.0 Å². The van der Waals surface area contributed by atoms with Crippen molar-refractivity contribution in [2.45, 2.75) is 0 Å². The van der Waals surface area contributed by atoms with Gasteiger partial charge in [-0.3, -0.25) is 0 Å². The van der Waals surface area contributed by atoms with E-state index in [1.54, 1.807) is 0 Å². The fraction of sp³-hybridized carbons (Fsp3) is 0. The molecule has 0 aromatic heterocycles. The van der Waals surface area contributed by atoms with Crippen molar-refractivity contribution < 1.29 is 27.1 Å². The summed E-state index contributed by atoms with van der Waals surface area (Å²) in [6.45, 7) is 0. The Morgan fingerprint density at radius 2 is 1.00 bits per heavy atom. The highest BCUT2D eigenvalue weighted by atomic mass is 32.3. The average Bonchev–Trinajstić information content (AvgIpc) is 0.722. The summed E-state index contributed by atoms with van der Waals surface area (Å²) in [6, 6.07) is 0. The molecule has 0 rings (SSSR count). The summed E-state index contributed by atoms with van der Waals surface area (Å²) in [5.74, 6) is 0. The van der Waals surface area contributed by atoms with Crippen molar-refractivity contribution in [1.82, 2.24) is 0 Å². The van der Waals surface area contributed by atoms with Gasteiger partial charge >= 0.3 is 10.6 Å². The minimum Gasteiger partial charge on any atom is -0.412 e. The topological polar surface area (TPSA) is 97.1 Å². The van der Waals surface area contributed by atoms with Gasteiger partial charge in [-0.25, -0.2) is 0 Å². The summed E-state index contributed by atoms with van der Waals surface area (Å²) in [4.78, 5) is 0. The predicted octanol–water partition coefficient (Wildman–Crippen LogP) is -1.48. The van der Waals surface area contributed by atoms with Crippen LogP contribution in [0.15, 0.2) is 0 Å². The Kier molecular flexibility index (Phi) is 8.86. The highest BCUT2D eigenvalue weighted by Gasteiger charge is 1.94. The number of hydrogen-bond donors (Lipinski definition) is 0. The molecule has 4 N–H and O–H groups in total. The van der Waals surface area contributed by atoms with E-state index in [0.29, 0.717) is 0 Å². The molecule has 0 fully saturated rings.